The third-order valence-corrected chi connectivity index (χ3v) is 2.91. The zero-order valence-electron chi connectivity index (χ0n) is 7.21. The molecule has 0 unspecified atom stereocenters. The predicted molar refractivity (Wildman–Crippen MR) is 62.0 cm³/mol. The summed E-state index contributed by atoms with van der Waals surface area (Å²) < 4.78 is 37.4. The minimum absolute atomic E-state index is 0.134. The zero-order chi connectivity index (χ0) is 10.9. The lowest BCUT2D eigenvalue weighted by molar-refractivity contribution is 0.603. The van der Waals surface area contributed by atoms with Gasteiger partial charge in [0.05, 0.1) is 11.9 Å². The van der Waals surface area contributed by atoms with Crippen LogP contribution in [-0.4, -0.2) is 14.7 Å². The molecule has 0 radical (unpaired) electrons. The maximum absolute atomic E-state index is 13.2. The van der Waals surface area contributed by atoms with E-state index in [4.69, 9.17) is 5.73 Å². The molecule has 0 bridgehead atoms. The summed E-state index contributed by atoms with van der Waals surface area (Å²) in [7, 11) is -3.48. The molecule has 78 valence electrons. The van der Waals surface area contributed by atoms with Crippen molar-refractivity contribution in [1.29, 1.82) is 0 Å². The SMILES string of the molecule is CS(=O)(=O)Nc1cc(N)c(I)cc1F. The minimum atomic E-state index is -3.48. The molecule has 0 spiro atoms. The van der Waals surface area contributed by atoms with Gasteiger partial charge in [-0.25, -0.2) is 12.8 Å². The molecule has 3 N–H and O–H groups in total. The second-order valence-corrected chi connectivity index (χ2v) is 5.64. The number of hydrogen-bond donors (Lipinski definition) is 2. The van der Waals surface area contributed by atoms with E-state index in [1.165, 1.54) is 12.1 Å². The molecule has 1 aromatic rings. The maximum atomic E-state index is 13.2. The number of nitrogens with two attached hydrogens (primary N) is 1. The molecule has 0 aliphatic heterocycles. The lowest BCUT2D eigenvalue weighted by Gasteiger charge is -2.07. The molecule has 0 saturated carbocycles. The first-order valence-corrected chi connectivity index (χ1v) is 6.49. The second kappa shape index (κ2) is 3.89. The fourth-order valence-electron chi connectivity index (χ4n) is 0.844. The van der Waals surface area contributed by atoms with Crippen LogP contribution in [0.2, 0.25) is 0 Å². The molecule has 14 heavy (non-hydrogen) atoms. The largest absolute Gasteiger partial charge is 0.398 e. The van der Waals surface area contributed by atoms with Gasteiger partial charge < -0.3 is 5.73 Å². The summed E-state index contributed by atoms with van der Waals surface area (Å²) in [6, 6.07) is 2.42. The van der Waals surface area contributed by atoms with Gasteiger partial charge in [-0.1, -0.05) is 0 Å². The maximum Gasteiger partial charge on any atom is 0.229 e. The van der Waals surface area contributed by atoms with Crippen molar-refractivity contribution in [2.24, 2.45) is 0 Å². The van der Waals surface area contributed by atoms with Crippen molar-refractivity contribution in [1.82, 2.24) is 0 Å². The van der Waals surface area contributed by atoms with Gasteiger partial charge in [0.1, 0.15) is 5.82 Å². The van der Waals surface area contributed by atoms with Gasteiger partial charge in [-0.3, -0.25) is 4.72 Å². The first-order chi connectivity index (χ1) is 6.29. The molecule has 1 rings (SSSR count). The summed E-state index contributed by atoms with van der Waals surface area (Å²) in [5.41, 5.74) is 5.70. The molecule has 0 fully saturated rings. The Kier molecular flexibility index (Phi) is 3.20. The van der Waals surface area contributed by atoms with Gasteiger partial charge in [-0.05, 0) is 34.7 Å². The number of halogens is 2. The van der Waals surface area contributed by atoms with Crippen molar-refractivity contribution in [3.63, 3.8) is 0 Å². The van der Waals surface area contributed by atoms with Crippen molar-refractivity contribution >= 4 is 44.0 Å². The van der Waals surface area contributed by atoms with E-state index in [1.54, 1.807) is 0 Å². The highest BCUT2D eigenvalue weighted by molar-refractivity contribution is 14.1. The molecule has 0 aliphatic carbocycles. The summed E-state index contributed by atoms with van der Waals surface area (Å²) in [6.45, 7) is 0. The summed E-state index contributed by atoms with van der Waals surface area (Å²) in [4.78, 5) is 0. The molecule has 4 nitrogen and oxygen atoms in total. The Hall–Kier alpha value is -0.570. The number of rotatable bonds is 2. The van der Waals surface area contributed by atoms with Gasteiger partial charge in [-0.2, -0.15) is 0 Å². The van der Waals surface area contributed by atoms with Gasteiger partial charge in [0.15, 0.2) is 0 Å². The van der Waals surface area contributed by atoms with E-state index in [1.807, 2.05) is 27.3 Å². The fourth-order valence-corrected chi connectivity index (χ4v) is 1.83. The molecule has 7 heteroatoms. The first kappa shape index (κ1) is 11.5. The van der Waals surface area contributed by atoms with Gasteiger partial charge >= 0.3 is 0 Å². The standard InChI is InChI=1S/C7H8FIN2O2S/c1-14(12,13)11-7-3-6(10)5(9)2-4(7)8/h2-3,11H,10H2,1H3. The number of benzene rings is 1. The molecule has 0 atom stereocenters. The Bertz CT molecular complexity index is 461. The Morgan fingerprint density at radius 3 is 2.57 bits per heavy atom. The zero-order valence-corrected chi connectivity index (χ0v) is 10.2. The molecule has 0 saturated heterocycles. The van der Waals surface area contributed by atoms with Crippen LogP contribution < -0.4 is 10.5 Å². The Morgan fingerprint density at radius 2 is 2.07 bits per heavy atom. The summed E-state index contributed by atoms with van der Waals surface area (Å²) in [5, 5.41) is 0. The monoisotopic (exact) mass is 330 g/mol. The Labute approximate surface area is 94.9 Å². The average Bonchev–Trinajstić information content (AvgIpc) is 1.97. The van der Waals surface area contributed by atoms with Crippen LogP contribution >= 0.6 is 22.6 Å². The molecular formula is C7H8FIN2O2S. The van der Waals surface area contributed by atoms with Crippen molar-refractivity contribution in [3.05, 3.63) is 21.5 Å². The smallest absolute Gasteiger partial charge is 0.229 e. The summed E-state index contributed by atoms with van der Waals surface area (Å²) in [6.07, 6.45) is 0.945. The highest BCUT2D eigenvalue weighted by atomic mass is 127. The van der Waals surface area contributed by atoms with Gasteiger partial charge in [0.25, 0.3) is 0 Å². The lowest BCUT2D eigenvalue weighted by atomic mass is 10.3. The molecule has 0 heterocycles. The van der Waals surface area contributed by atoms with Crippen molar-refractivity contribution < 1.29 is 12.8 Å². The van der Waals surface area contributed by atoms with Crippen LogP contribution in [-0.2, 0) is 10.0 Å². The normalized spacial score (nSPS) is 11.4. The van der Waals surface area contributed by atoms with Crippen LogP contribution in [0, 0.1) is 9.39 Å². The third kappa shape index (κ3) is 2.98. The summed E-state index contributed by atoms with van der Waals surface area (Å²) in [5.74, 6) is -0.644. The van der Waals surface area contributed by atoms with E-state index < -0.39 is 15.8 Å². The predicted octanol–water partition coefficient (Wildman–Crippen LogP) is 1.38. The van der Waals surface area contributed by atoms with Crippen LogP contribution in [0.15, 0.2) is 12.1 Å². The third-order valence-electron chi connectivity index (χ3n) is 1.38. The molecule has 0 aromatic heterocycles. The Balaban J connectivity index is 3.17. The highest BCUT2D eigenvalue weighted by Crippen LogP contribution is 2.23. The van der Waals surface area contributed by atoms with E-state index in [0.717, 1.165) is 6.26 Å². The minimum Gasteiger partial charge on any atom is -0.398 e. The quantitative estimate of drug-likeness (QED) is 0.636. The van der Waals surface area contributed by atoms with Gasteiger partial charge in [-0.15, -0.1) is 0 Å². The topological polar surface area (TPSA) is 72.2 Å². The molecule has 1 aromatic carbocycles. The Morgan fingerprint density at radius 1 is 1.50 bits per heavy atom. The highest BCUT2D eigenvalue weighted by Gasteiger charge is 2.09. The fraction of sp³-hybridized carbons (Fsp3) is 0.143. The number of nitrogen functional groups attached to an aromatic ring is 1. The van der Waals surface area contributed by atoms with Crippen molar-refractivity contribution in [3.8, 4) is 0 Å². The number of sulfonamides is 1. The van der Waals surface area contributed by atoms with Crippen LogP contribution in [0.4, 0.5) is 15.8 Å². The van der Waals surface area contributed by atoms with Crippen molar-refractivity contribution in [2.75, 3.05) is 16.7 Å². The van der Waals surface area contributed by atoms with Crippen LogP contribution in [0.3, 0.4) is 0 Å². The van der Waals surface area contributed by atoms with Crippen LogP contribution in [0.5, 0.6) is 0 Å². The average molecular weight is 330 g/mol. The number of hydrogen-bond acceptors (Lipinski definition) is 3. The van der Waals surface area contributed by atoms with Gasteiger partial charge in [0.2, 0.25) is 10.0 Å². The van der Waals surface area contributed by atoms with Crippen LogP contribution in [0.1, 0.15) is 0 Å². The van der Waals surface area contributed by atoms with Crippen molar-refractivity contribution in [2.45, 2.75) is 0 Å². The summed E-state index contributed by atoms with van der Waals surface area (Å²) >= 11 is 1.86. The van der Waals surface area contributed by atoms with Gasteiger partial charge in [0, 0.05) is 9.26 Å². The van der Waals surface area contributed by atoms with E-state index in [9.17, 15) is 12.8 Å². The second-order valence-electron chi connectivity index (χ2n) is 2.73. The molecule has 0 amide bonds. The number of anilines is 2. The van der Waals surface area contributed by atoms with E-state index in [2.05, 4.69) is 0 Å². The van der Waals surface area contributed by atoms with E-state index >= 15 is 0 Å². The molecule has 0 aliphatic rings. The van der Waals surface area contributed by atoms with Crippen LogP contribution in [0.25, 0.3) is 0 Å². The van der Waals surface area contributed by atoms with E-state index in [-0.39, 0.29) is 5.69 Å². The first-order valence-electron chi connectivity index (χ1n) is 3.52. The van der Waals surface area contributed by atoms with E-state index in [0.29, 0.717) is 9.26 Å². The number of nitrogens with one attached hydrogen (secondary N) is 1. The molecular weight excluding hydrogens is 322 g/mol. The lowest BCUT2D eigenvalue weighted by Crippen LogP contribution is -2.11.